The number of imide groups is 1. The highest BCUT2D eigenvalue weighted by atomic mass is 16.5. The van der Waals surface area contributed by atoms with E-state index >= 15 is 0 Å². The standard InChI is InChI=1S/C25H31N3O5/c1-23(2,3)25-11-24(12-25,13-25)14-33-22(32)26-9-15-4-5-16-10-28(21(31)17(16)8-15)18-6-7-19(29)27-20(18)30/h4-5,8,18H,6-7,9-14H2,1-3H3,(H,26,32)(H,27,29,30). The van der Waals surface area contributed by atoms with Gasteiger partial charge in [0.05, 0.1) is 6.61 Å². The van der Waals surface area contributed by atoms with Crippen LogP contribution in [-0.4, -0.2) is 41.4 Å². The molecule has 1 aromatic rings. The number of nitrogens with zero attached hydrogens (tertiary/aromatic N) is 1. The maximum Gasteiger partial charge on any atom is 0.407 e. The fraction of sp³-hybridized carbons (Fsp3) is 0.600. The van der Waals surface area contributed by atoms with Gasteiger partial charge in [0.15, 0.2) is 0 Å². The van der Waals surface area contributed by atoms with Gasteiger partial charge < -0.3 is 15.0 Å². The number of carbonyl (C=O) groups excluding carboxylic acids is 4. The van der Waals surface area contributed by atoms with Gasteiger partial charge in [-0.05, 0) is 53.7 Å². The highest BCUT2D eigenvalue weighted by Gasteiger charge is 2.71. The maximum absolute atomic E-state index is 12.9. The minimum absolute atomic E-state index is 0.171. The first-order chi connectivity index (χ1) is 15.5. The third-order valence-electron chi connectivity index (χ3n) is 8.27. The Bertz CT molecular complexity index is 1040. The quantitative estimate of drug-likeness (QED) is 0.667. The van der Waals surface area contributed by atoms with Crippen molar-refractivity contribution in [1.82, 2.24) is 15.5 Å². The van der Waals surface area contributed by atoms with Crippen molar-refractivity contribution in [3.63, 3.8) is 0 Å². The monoisotopic (exact) mass is 453 g/mol. The van der Waals surface area contributed by atoms with E-state index in [2.05, 4.69) is 31.4 Å². The second-order valence-corrected chi connectivity index (χ2v) is 11.4. The lowest BCUT2D eigenvalue weighted by atomic mass is 9.29. The summed E-state index contributed by atoms with van der Waals surface area (Å²) in [6, 6.07) is 4.86. The van der Waals surface area contributed by atoms with E-state index in [1.807, 2.05) is 12.1 Å². The SMILES string of the molecule is CC(C)(C)C12CC(COC(=O)NCc3ccc4c(c3)C(=O)N(C3CCC(=O)NC3=O)C4)(C1)C2. The van der Waals surface area contributed by atoms with Gasteiger partial charge >= 0.3 is 6.09 Å². The van der Waals surface area contributed by atoms with Crippen LogP contribution in [0.15, 0.2) is 18.2 Å². The first kappa shape index (κ1) is 21.9. The van der Waals surface area contributed by atoms with Crippen molar-refractivity contribution in [2.75, 3.05) is 6.61 Å². The zero-order chi connectivity index (χ0) is 23.6. The second kappa shape index (κ2) is 7.30. The molecular weight excluding hydrogens is 422 g/mol. The topological polar surface area (TPSA) is 105 Å². The summed E-state index contributed by atoms with van der Waals surface area (Å²) in [4.78, 5) is 50.2. The van der Waals surface area contributed by atoms with Crippen molar-refractivity contribution in [3.05, 3.63) is 34.9 Å². The Kier molecular flexibility index (Phi) is 4.85. The van der Waals surface area contributed by atoms with Gasteiger partial charge in [-0.25, -0.2) is 4.79 Å². The van der Waals surface area contributed by atoms with Crippen molar-refractivity contribution < 1.29 is 23.9 Å². The van der Waals surface area contributed by atoms with Gasteiger partial charge in [0.2, 0.25) is 11.8 Å². The van der Waals surface area contributed by atoms with Gasteiger partial charge in [-0.1, -0.05) is 32.9 Å². The highest BCUT2D eigenvalue weighted by molar-refractivity contribution is 6.05. The maximum atomic E-state index is 12.9. The van der Waals surface area contributed by atoms with Crippen molar-refractivity contribution >= 4 is 23.8 Å². The summed E-state index contributed by atoms with van der Waals surface area (Å²) in [6.45, 7) is 7.92. The smallest absolute Gasteiger partial charge is 0.407 e. The van der Waals surface area contributed by atoms with E-state index in [0.29, 0.717) is 36.0 Å². The summed E-state index contributed by atoms with van der Waals surface area (Å²) in [5.41, 5.74) is 3.06. The first-order valence-corrected chi connectivity index (χ1v) is 11.7. The van der Waals surface area contributed by atoms with E-state index in [0.717, 1.165) is 30.4 Å². The molecule has 2 N–H and O–H groups in total. The summed E-state index contributed by atoms with van der Waals surface area (Å²) in [5.74, 6) is -0.946. The zero-order valence-corrected chi connectivity index (χ0v) is 19.5. The summed E-state index contributed by atoms with van der Waals surface area (Å²) < 4.78 is 5.50. The normalized spacial score (nSPS) is 30.2. The Balaban J connectivity index is 1.12. The summed E-state index contributed by atoms with van der Waals surface area (Å²) in [5, 5.41) is 5.09. The molecule has 4 fully saturated rings. The minimum atomic E-state index is -0.631. The van der Waals surface area contributed by atoms with Gasteiger partial charge in [-0.15, -0.1) is 0 Å². The molecule has 5 aliphatic rings. The van der Waals surface area contributed by atoms with Gasteiger partial charge in [-0.2, -0.15) is 0 Å². The van der Waals surface area contributed by atoms with Crippen LogP contribution in [0, 0.1) is 16.2 Å². The van der Waals surface area contributed by atoms with Crippen LogP contribution < -0.4 is 10.6 Å². The van der Waals surface area contributed by atoms with Gasteiger partial charge in [0.1, 0.15) is 6.04 Å². The molecule has 33 heavy (non-hydrogen) atoms. The Morgan fingerprint density at radius 2 is 1.94 bits per heavy atom. The van der Waals surface area contributed by atoms with E-state index in [-0.39, 0.29) is 30.2 Å². The fourth-order valence-corrected chi connectivity index (χ4v) is 6.10. The van der Waals surface area contributed by atoms with E-state index in [1.165, 1.54) is 4.90 Å². The zero-order valence-electron chi connectivity index (χ0n) is 19.5. The molecule has 4 amide bonds. The number of amides is 4. The highest BCUT2D eigenvalue weighted by Crippen LogP contribution is 2.79. The van der Waals surface area contributed by atoms with Crippen molar-refractivity contribution in [2.45, 2.75) is 72.0 Å². The van der Waals surface area contributed by atoms with Crippen molar-refractivity contribution in [2.24, 2.45) is 16.2 Å². The number of ether oxygens (including phenoxy) is 1. The third-order valence-corrected chi connectivity index (χ3v) is 8.27. The average molecular weight is 454 g/mol. The van der Waals surface area contributed by atoms with E-state index in [9.17, 15) is 19.2 Å². The Labute approximate surface area is 193 Å². The third kappa shape index (κ3) is 3.60. The molecule has 1 unspecified atom stereocenters. The number of hydrogen-bond donors (Lipinski definition) is 2. The van der Waals surface area contributed by atoms with Crippen LogP contribution in [0.1, 0.15) is 74.4 Å². The number of piperidine rings is 1. The number of nitrogens with one attached hydrogen (secondary N) is 2. The fourth-order valence-electron chi connectivity index (χ4n) is 6.10. The van der Waals surface area contributed by atoms with Gasteiger partial charge in [-0.3, -0.25) is 19.7 Å². The second-order valence-electron chi connectivity index (χ2n) is 11.4. The molecule has 2 heterocycles. The summed E-state index contributed by atoms with van der Waals surface area (Å²) >= 11 is 0. The molecule has 3 aliphatic carbocycles. The molecule has 1 atom stereocenters. The lowest BCUT2D eigenvalue weighted by Gasteiger charge is -2.75. The molecule has 2 bridgehead atoms. The van der Waals surface area contributed by atoms with Gasteiger partial charge in [0, 0.05) is 30.5 Å². The molecule has 0 spiro atoms. The van der Waals surface area contributed by atoms with Crippen LogP contribution in [0.4, 0.5) is 4.79 Å². The molecule has 2 aliphatic heterocycles. The Hall–Kier alpha value is -2.90. The van der Waals surface area contributed by atoms with Crippen LogP contribution >= 0.6 is 0 Å². The molecule has 8 heteroatoms. The Morgan fingerprint density at radius 3 is 2.61 bits per heavy atom. The predicted molar refractivity (Wildman–Crippen MR) is 119 cm³/mol. The number of benzene rings is 1. The minimum Gasteiger partial charge on any atom is -0.449 e. The lowest BCUT2D eigenvalue weighted by molar-refractivity contribution is -0.272. The Morgan fingerprint density at radius 1 is 1.21 bits per heavy atom. The summed E-state index contributed by atoms with van der Waals surface area (Å²) in [6.07, 6.45) is 3.52. The van der Waals surface area contributed by atoms with Crippen LogP contribution in [0.25, 0.3) is 0 Å². The number of hydrogen-bond acceptors (Lipinski definition) is 5. The van der Waals surface area contributed by atoms with E-state index < -0.39 is 18.0 Å². The largest absolute Gasteiger partial charge is 0.449 e. The average Bonchev–Trinajstić information content (AvgIpc) is 2.99. The summed E-state index contributed by atoms with van der Waals surface area (Å²) in [7, 11) is 0. The number of carbonyl (C=O) groups is 4. The van der Waals surface area contributed by atoms with Crippen LogP contribution in [0.2, 0.25) is 0 Å². The molecule has 176 valence electrons. The van der Waals surface area contributed by atoms with Crippen LogP contribution in [0.5, 0.6) is 0 Å². The molecule has 8 nitrogen and oxygen atoms in total. The molecule has 1 aromatic carbocycles. The van der Waals surface area contributed by atoms with Crippen molar-refractivity contribution in [1.29, 1.82) is 0 Å². The van der Waals surface area contributed by atoms with E-state index in [4.69, 9.17) is 4.74 Å². The first-order valence-electron chi connectivity index (χ1n) is 11.7. The van der Waals surface area contributed by atoms with E-state index in [1.54, 1.807) is 6.07 Å². The van der Waals surface area contributed by atoms with Crippen molar-refractivity contribution in [3.8, 4) is 0 Å². The lowest BCUT2D eigenvalue weighted by Crippen LogP contribution is -2.68. The molecule has 1 saturated heterocycles. The molecule has 0 radical (unpaired) electrons. The molecule has 0 aromatic heterocycles. The van der Waals surface area contributed by atoms with Crippen LogP contribution in [0.3, 0.4) is 0 Å². The van der Waals surface area contributed by atoms with Crippen LogP contribution in [-0.2, 0) is 27.4 Å². The number of fused-ring (bicyclic) bond motifs is 1. The number of alkyl carbamates (subject to hydrolysis) is 1. The molecule has 3 saturated carbocycles. The predicted octanol–water partition coefficient (Wildman–Crippen LogP) is 2.89. The molecule has 6 rings (SSSR count). The van der Waals surface area contributed by atoms with Gasteiger partial charge in [0.25, 0.3) is 5.91 Å². The number of rotatable bonds is 5. The molecular formula is C25H31N3O5.